The lowest BCUT2D eigenvalue weighted by Crippen LogP contribution is -2.15. The van der Waals surface area contributed by atoms with Crippen LogP contribution in [0.25, 0.3) is 11.6 Å². The fourth-order valence-corrected chi connectivity index (χ4v) is 2.36. The number of hydrogen-bond acceptors (Lipinski definition) is 5. The first kappa shape index (κ1) is 14.7. The fourth-order valence-electron chi connectivity index (χ4n) is 2.36. The average molecular weight is 277 g/mol. The predicted molar refractivity (Wildman–Crippen MR) is 76.8 cm³/mol. The van der Waals surface area contributed by atoms with Gasteiger partial charge in [-0.15, -0.1) is 0 Å². The molecule has 20 heavy (non-hydrogen) atoms. The van der Waals surface area contributed by atoms with Crippen molar-refractivity contribution in [3.8, 4) is 11.6 Å². The summed E-state index contributed by atoms with van der Waals surface area (Å²) in [6.07, 6.45) is 6.44. The minimum Gasteiger partial charge on any atom is -0.339 e. The van der Waals surface area contributed by atoms with Crippen molar-refractivity contribution in [1.82, 2.24) is 19.7 Å². The third kappa shape index (κ3) is 3.45. The second-order valence-electron chi connectivity index (χ2n) is 5.49. The van der Waals surface area contributed by atoms with Crippen LogP contribution in [0.5, 0.6) is 0 Å². The van der Waals surface area contributed by atoms with Crippen LogP contribution < -0.4 is 5.73 Å². The summed E-state index contributed by atoms with van der Waals surface area (Å²) in [5, 5.41) is 3.99. The largest absolute Gasteiger partial charge is 0.339 e. The van der Waals surface area contributed by atoms with E-state index in [-0.39, 0.29) is 0 Å². The van der Waals surface area contributed by atoms with Gasteiger partial charge in [0.05, 0.1) is 0 Å². The fraction of sp³-hybridized carbons (Fsp3) is 0.643. The van der Waals surface area contributed by atoms with Crippen LogP contribution in [-0.2, 0) is 13.5 Å². The Labute approximate surface area is 119 Å². The zero-order valence-corrected chi connectivity index (χ0v) is 12.4. The second kappa shape index (κ2) is 6.65. The molecule has 0 fully saturated rings. The van der Waals surface area contributed by atoms with E-state index >= 15 is 0 Å². The Hall–Kier alpha value is -1.69. The molecule has 6 heteroatoms. The maximum absolute atomic E-state index is 5.66. The van der Waals surface area contributed by atoms with Gasteiger partial charge in [0.1, 0.15) is 0 Å². The third-order valence-corrected chi connectivity index (χ3v) is 3.70. The number of nitrogens with zero attached hydrogens (tertiary/aromatic N) is 4. The molecule has 2 N–H and O–H groups in total. The molecule has 6 nitrogen and oxygen atoms in total. The molecule has 2 heterocycles. The van der Waals surface area contributed by atoms with E-state index in [1.165, 1.54) is 0 Å². The minimum atomic E-state index is 0.549. The Kier molecular flexibility index (Phi) is 4.89. The molecule has 0 aliphatic heterocycles. The van der Waals surface area contributed by atoms with Crippen molar-refractivity contribution in [2.75, 3.05) is 6.54 Å². The van der Waals surface area contributed by atoms with Gasteiger partial charge in [0.15, 0.2) is 5.82 Å². The van der Waals surface area contributed by atoms with E-state index in [1.54, 1.807) is 6.20 Å². The summed E-state index contributed by atoms with van der Waals surface area (Å²) in [7, 11) is 1.91. The van der Waals surface area contributed by atoms with E-state index < -0.39 is 0 Å². The smallest absolute Gasteiger partial charge is 0.238 e. The van der Waals surface area contributed by atoms with E-state index in [0.29, 0.717) is 23.6 Å². The molecule has 0 bridgehead atoms. The lowest BCUT2D eigenvalue weighted by atomic mass is 9.88. The van der Waals surface area contributed by atoms with E-state index in [1.807, 2.05) is 17.8 Å². The molecular weight excluding hydrogens is 254 g/mol. The molecule has 2 rings (SSSR count). The van der Waals surface area contributed by atoms with Crippen molar-refractivity contribution >= 4 is 0 Å². The highest BCUT2D eigenvalue weighted by molar-refractivity contribution is 5.42. The summed E-state index contributed by atoms with van der Waals surface area (Å²) < 4.78 is 7.18. The van der Waals surface area contributed by atoms with Crippen LogP contribution in [0, 0.1) is 11.8 Å². The van der Waals surface area contributed by atoms with Crippen LogP contribution in [0.2, 0.25) is 0 Å². The predicted octanol–water partition coefficient (Wildman–Crippen LogP) is 2.02. The van der Waals surface area contributed by atoms with E-state index in [4.69, 9.17) is 10.3 Å². The average Bonchev–Trinajstić information content (AvgIpc) is 3.02. The quantitative estimate of drug-likeness (QED) is 0.837. The number of rotatable bonds is 7. The lowest BCUT2D eigenvalue weighted by Gasteiger charge is -2.18. The topological polar surface area (TPSA) is 82.8 Å². The molecular formula is C14H23N5O. The van der Waals surface area contributed by atoms with Gasteiger partial charge in [-0.05, 0) is 31.2 Å². The molecule has 110 valence electrons. The van der Waals surface area contributed by atoms with Gasteiger partial charge in [0.25, 0.3) is 0 Å². The maximum Gasteiger partial charge on any atom is 0.238 e. The van der Waals surface area contributed by atoms with Crippen LogP contribution in [0.3, 0.4) is 0 Å². The Bertz CT molecular complexity index is 531. The maximum atomic E-state index is 5.66. The van der Waals surface area contributed by atoms with Crippen molar-refractivity contribution in [2.24, 2.45) is 24.6 Å². The first-order valence-corrected chi connectivity index (χ1v) is 7.12. The summed E-state index contributed by atoms with van der Waals surface area (Å²) in [6, 6.07) is 0. The van der Waals surface area contributed by atoms with Gasteiger partial charge in [-0.2, -0.15) is 4.98 Å². The molecule has 2 aromatic rings. The zero-order chi connectivity index (χ0) is 14.5. The van der Waals surface area contributed by atoms with Crippen molar-refractivity contribution < 1.29 is 4.52 Å². The normalized spacial score (nSPS) is 13.1. The monoisotopic (exact) mass is 277 g/mol. The highest BCUT2D eigenvalue weighted by Gasteiger charge is 2.16. The molecule has 1 atom stereocenters. The summed E-state index contributed by atoms with van der Waals surface area (Å²) >= 11 is 0. The van der Waals surface area contributed by atoms with Crippen LogP contribution in [0.1, 0.15) is 32.6 Å². The van der Waals surface area contributed by atoms with Crippen molar-refractivity contribution in [1.29, 1.82) is 0 Å². The van der Waals surface area contributed by atoms with Crippen molar-refractivity contribution in [3.63, 3.8) is 0 Å². The number of aryl methyl sites for hydroxylation is 2. The molecule has 0 spiro atoms. The minimum absolute atomic E-state index is 0.549. The van der Waals surface area contributed by atoms with E-state index in [9.17, 15) is 0 Å². The Morgan fingerprint density at radius 1 is 1.35 bits per heavy atom. The molecule has 0 aromatic carbocycles. The van der Waals surface area contributed by atoms with Gasteiger partial charge in [0.2, 0.25) is 11.7 Å². The van der Waals surface area contributed by atoms with Gasteiger partial charge < -0.3 is 14.8 Å². The first-order chi connectivity index (χ1) is 9.61. The molecule has 0 radical (unpaired) electrons. The van der Waals surface area contributed by atoms with Crippen LogP contribution in [-0.4, -0.2) is 26.2 Å². The molecule has 0 saturated heterocycles. The highest BCUT2D eigenvalue weighted by atomic mass is 16.5. The first-order valence-electron chi connectivity index (χ1n) is 7.12. The second-order valence-corrected chi connectivity index (χ2v) is 5.49. The number of hydrogen-bond donors (Lipinski definition) is 1. The van der Waals surface area contributed by atoms with E-state index in [0.717, 1.165) is 31.6 Å². The van der Waals surface area contributed by atoms with Gasteiger partial charge in [-0.3, -0.25) is 0 Å². The van der Waals surface area contributed by atoms with Gasteiger partial charge in [-0.1, -0.05) is 19.0 Å². The Morgan fingerprint density at radius 2 is 2.15 bits per heavy atom. The lowest BCUT2D eigenvalue weighted by molar-refractivity contribution is 0.313. The van der Waals surface area contributed by atoms with Gasteiger partial charge in [0, 0.05) is 25.9 Å². The molecule has 0 aliphatic rings. The van der Waals surface area contributed by atoms with Crippen LogP contribution in [0.15, 0.2) is 16.9 Å². The Morgan fingerprint density at radius 3 is 2.75 bits per heavy atom. The highest BCUT2D eigenvalue weighted by Crippen LogP contribution is 2.21. The molecule has 1 unspecified atom stereocenters. The van der Waals surface area contributed by atoms with Gasteiger partial charge >= 0.3 is 0 Å². The standard InChI is InChI=1S/C14H23N5O/c1-10(2)11(6-7-15)4-5-12-17-13(18-20-12)14-16-8-9-19(14)3/h8-11H,4-7,15H2,1-3H3. The van der Waals surface area contributed by atoms with Crippen LogP contribution >= 0.6 is 0 Å². The van der Waals surface area contributed by atoms with Crippen molar-refractivity contribution in [2.45, 2.75) is 33.1 Å². The molecule has 0 saturated carbocycles. The zero-order valence-electron chi connectivity index (χ0n) is 12.4. The van der Waals surface area contributed by atoms with Crippen molar-refractivity contribution in [3.05, 3.63) is 18.3 Å². The summed E-state index contributed by atoms with van der Waals surface area (Å²) in [5.74, 6) is 3.17. The number of aromatic nitrogens is 4. The number of nitrogens with two attached hydrogens (primary N) is 1. The molecule has 2 aromatic heterocycles. The number of imidazole rings is 1. The Balaban J connectivity index is 1.98. The SMILES string of the molecule is CC(C)C(CCN)CCc1nc(-c2nccn2C)no1. The molecule has 0 amide bonds. The summed E-state index contributed by atoms with van der Waals surface area (Å²) in [4.78, 5) is 8.63. The van der Waals surface area contributed by atoms with Crippen LogP contribution in [0.4, 0.5) is 0 Å². The molecule has 0 aliphatic carbocycles. The third-order valence-electron chi connectivity index (χ3n) is 3.70. The summed E-state index contributed by atoms with van der Waals surface area (Å²) in [6.45, 7) is 5.19. The summed E-state index contributed by atoms with van der Waals surface area (Å²) in [5.41, 5.74) is 5.66. The van der Waals surface area contributed by atoms with E-state index in [2.05, 4.69) is 29.0 Å². The van der Waals surface area contributed by atoms with Gasteiger partial charge in [-0.25, -0.2) is 4.98 Å².